The van der Waals surface area contributed by atoms with Gasteiger partial charge < -0.3 is 9.84 Å². The van der Waals surface area contributed by atoms with Crippen LogP contribution in [0.15, 0.2) is 45.4 Å². The summed E-state index contributed by atoms with van der Waals surface area (Å²) >= 11 is 1.51. The van der Waals surface area contributed by atoms with E-state index in [4.69, 9.17) is 14.5 Å². The number of hydrogen-bond acceptors (Lipinski definition) is 5. The second-order valence-electron chi connectivity index (χ2n) is 4.75. The minimum Gasteiger partial charge on any atom is -0.431 e. The van der Waals surface area contributed by atoms with Crippen molar-refractivity contribution < 1.29 is 24.0 Å². The molecule has 1 spiro atoms. The summed E-state index contributed by atoms with van der Waals surface area (Å²) in [4.78, 5) is 11.8. The highest BCUT2D eigenvalue weighted by atomic mass is 32.2. The zero-order chi connectivity index (χ0) is 13.7. The van der Waals surface area contributed by atoms with Crippen molar-refractivity contribution in [2.45, 2.75) is 23.7 Å². The molecule has 0 atom stereocenters. The van der Waals surface area contributed by atoms with Crippen LogP contribution in [0.2, 0.25) is 0 Å². The molecule has 6 heteroatoms. The topological polar surface area (TPSA) is 54.5 Å². The van der Waals surface area contributed by atoms with Gasteiger partial charge in [-0.3, -0.25) is 0 Å². The van der Waals surface area contributed by atoms with Gasteiger partial charge in [-0.05, 0) is 31.0 Å². The van der Waals surface area contributed by atoms with E-state index in [1.54, 1.807) is 6.07 Å². The molecule has 1 N–H and O–H groups in total. The third-order valence-electron chi connectivity index (χ3n) is 3.45. The predicted molar refractivity (Wildman–Crippen MR) is 68.6 cm³/mol. The standard InChI is InChI=1S/C14H11FO4S/c15-9-4-5-11-10(6-9)14(18-19-14)17-13-8(7-16)2-1-3-12(13)20-11/h2,4-6,16H,1,3,7H2. The quantitative estimate of drug-likeness (QED) is 0.637. The molecule has 3 aliphatic rings. The molecule has 0 saturated carbocycles. The van der Waals surface area contributed by atoms with Crippen LogP contribution in [0.25, 0.3) is 0 Å². The number of aliphatic hydroxyl groups excluding tert-OH is 1. The van der Waals surface area contributed by atoms with Crippen LogP contribution in [0, 0.1) is 5.82 Å². The molecule has 2 aliphatic heterocycles. The maximum Gasteiger partial charge on any atom is 0.411 e. The second-order valence-corrected chi connectivity index (χ2v) is 5.88. The average molecular weight is 294 g/mol. The zero-order valence-electron chi connectivity index (χ0n) is 10.4. The molecule has 4 rings (SSSR count). The lowest BCUT2D eigenvalue weighted by Gasteiger charge is -2.19. The first kappa shape index (κ1) is 12.4. The van der Waals surface area contributed by atoms with Crippen LogP contribution in [-0.2, 0) is 20.5 Å². The number of thioether (sulfide) groups is 1. The fraction of sp³-hybridized carbons (Fsp3) is 0.286. The summed E-state index contributed by atoms with van der Waals surface area (Å²) in [6.45, 7) is -0.111. The lowest BCUT2D eigenvalue weighted by Crippen LogP contribution is -2.16. The van der Waals surface area contributed by atoms with Gasteiger partial charge in [0.25, 0.3) is 0 Å². The Labute approximate surface area is 118 Å². The Hall–Kier alpha value is -1.34. The minimum atomic E-state index is -1.37. The van der Waals surface area contributed by atoms with Gasteiger partial charge in [-0.1, -0.05) is 17.8 Å². The molecule has 20 heavy (non-hydrogen) atoms. The van der Waals surface area contributed by atoms with Gasteiger partial charge in [-0.2, -0.15) is 0 Å². The molecule has 4 nitrogen and oxygen atoms in total. The van der Waals surface area contributed by atoms with Crippen molar-refractivity contribution >= 4 is 11.8 Å². The molecule has 1 fully saturated rings. The Balaban J connectivity index is 1.85. The van der Waals surface area contributed by atoms with Crippen LogP contribution in [0.5, 0.6) is 0 Å². The summed E-state index contributed by atoms with van der Waals surface area (Å²) in [5.41, 5.74) is 1.24. The van der Waals surface area contributed by atoms with E-state index in [2.05, 4.69) is 0 Å². The Morgan fingerprint density at radius 3 is 2.95 bits per heavy atom. The summed E-state index contributed by atoms with van der Waals surface area (Å²) in [7, 11) is 0. The summed E-state index contributed by atoms with van der Waals surface area (Å²) in [5, 5.41) is 9.44. The molecule has 2 heterocycles. The molecule has 1 aromatic carbocycles. The third-order valence-corrected chi connectivity index (χ3v) is 4.66. The van der Waals surface area contributed by atoms with Crippen LogP contribution in [-0.4, -0.2) is 11.7 Å². The number of benzene rings is 1. The largest absolute Gasteiger partial charge is 0.431 e. The van der Waals surface area contributed by atoms with Crippen LogP contribution < -0.4 is 0 Å². The van der Waals surface area contributed by atoms with Gasteiger partial charge >= 0.3 is 5.97 Å². The average Bonchev–Trinajstić information content (AvgIpc) is 3.24. The molecule has 0 unspecified atom stereocenters. The van der Waals surface area contributed by atoms with E-state index in [9.17, 15) is 9.50 Å². The second kappa shape index (κ2) is 4.33. The summed E-state index contributed by atoms with van der Waals surface area (Å²) in [5.74, 6) is -1.16. The molecule has 1 aromatic rings. The summed E-state index contributed by atoms with van der Waals surface area (Å²) in [6.07, 6.45) is 3.60. The maximum atomic E-state index is 13.5. The number of allylic oxidation sites excluding steroid dienone is 2. The van der Waals surface area contributed by atoms with Gasteiger partial charge in [0.2, 0.25) is 0 Å². The first-order valence-electron chi connectivity index (χ1n) is 6.29. The van der Waals surface area contributed by atoms with Crippen molar-refractivity contribution in [3.8, 4) is 0 Å². The molecule has 0 aromatic heterocycles. The third kappa shape index (κ3) is 1.80. The monoisotopic (exact) mass is 294 g/mol. The molecule has 104 valence electrons. The van der Waals surface area contributed by atoms with Crippen molar-refractivity contribution in [2.24, 2.45) is 0 Å². The molecule has 0 bridgehead atoms. The number of halogens is 1. The van der Waals surface area contributed by atoms with Crippen molar-refractivity contribution in [1.82, 2.24) is 0 Å². The molecule has 1 saturated heterocycles. The van der Waals surface area contributed by atoms with E-state index in [1.165, 1.54) is 23.9 Å². The van der Waals surface area contributed by atoms with E-state index >= 15 is 0 Å². The minimum absolute atomic E-state index is 0.111. The van der Waals surface area contributed by atoms with Crippen LogP contribution in [0.4, 0.5) is 4.39 Å². The van der Waals surface area contributed by atoms with Crippen LogP contribution >= 0.6 is 11.8 Å². The van der Waals surface area contributed by atoms with Gasteiger partial charge in [0.15, 0.2) is 0 Å². The molecule has 0 radical (unpaired) electrons. The Morgan fingerprint density at radius 2 is 2.20 bits per heavy atom. The normalized spacial score (nSPS) is 22.6. The molecule has 0 amide bonds. The summed E-state index contributed by atoms with van der Waals surface area (Å²) in [6, 6.07) is 4.45. The lowest BCUT2D eigenvalue weighted by molar-refractivity contribution is -0.0131. The van der Waals surface area contributed by atoms with Gasteiger partial charge in [-0.25, -0.2) is 4.39 Å². The highest BCUT2D eigenvalue weighted by molar-refractivity contribution is 8.03. The van der Waals surface area contributed by atoms with Crippen molar-refractivity contribution in [1.29, 1.82) is 0 Å². The van der Waals surface area contributed by atoms with Crippen LogP contribution in [0.1, 0.15) is 18.4 Å². The van der Waals surface area contributed by atoms with Crippen molar-refractivity contribution in [2.75, 3.05) is 6.61 Å². The number of rotatable bonds is 1. The fourth-order valence-corrected chi connectivity index (χ4v) is 3.61. The van der Waals surface area contributed by atoms with Gasteiger partial charge in [-0.15, -0.1) is 9.78 Å². The molecular formula is C14H11FO4S. The first-order valence-corrected chi connectivity index (χ1v) is 7.11. The molecule has 1 aliphatic carbocycles. The number of hydrogen-bond donors (Lipinski definition) is 1. The van der Waals surface area contributed by atoms with Crippen LogP contribution in [0.3, 0.4) is 0 Å². The highest BCUT2D eigenvalue weighted by Crippen LogP contribution is 2.54. The maximum absolute atomic E-state index is 13.5. The first-order chi connectivity index (χ1) is 9.72. The van der Waals surface area contributed by atoms with Crippen molar-refractivity contribution in [3.05, 3.63) is 51.9 Å². The SMILES string of the molecule is OCC1=CCCC2=C1OC1(OO1)c1cc(F)ccc1S2. The van der Waals surface area contributed by atoms with Gasteiger partial charge in [0, 0.05) is 15.4 Å². The number of ether oxygens (including phenoxy) is 1. The lowest BCUT2D eigenvalue weighted by atomic mass is 10.1. The summed E-state index contributed by atoms with van der Waals surface area (Å²) < 4.78 is 19.3. The van der Waals surface area contributed by atoms with E-state index in [0.717, 1.165) is 22.6 Å². The smallest absolute Gasteiger partial charge is 0.411 e. The Morgan fingerprint density at radius 1 is 1.35 bits per heavy atom. The van der Waals surface area contributed by atoms with Gasteiger partial charge in [0.05, 0.1) is 12.2 Å². The van der Waals surface area contributed by atoms with Gasteiger partial charge in [0.1, 0.15) is 11.6 Å². The van der Waals surface area contributed by atoms with E-state index in [-0.39, 0.29) is 12.4 Å². The number of aliphatic hydroxyl groups is 1. The Bertz CT molecular complexity index is 649. The highest BCUT2D eigenvalue weighted by Gasteiger charge is 2.58. The zero-order valence-corrected chi connectivity index (χ0v) is 11.2. The van der Waals surface area contributed by atoms with Crippen molar-refractivity contribution in [3.63, 3.8) is 0 Å². The number of fused-ring (bicyclic) bond motifs is 2. The van der Waals surface area contributed by atoms with E-state index in [0.29, 0.717) is 16.9 Å². The fourth-order valence-electron chi connectivity index (χ4n) is 2.43. The Kier molecular flexibility index (Phi) is 2.68. The predicted octanol–water partition coefficient (Wildman–Crippen LogP) is 2.94. The molecular weight excluding hydrogens is 283 g/mol. The van der Waals surface area contributed by atoms with E-state index < -0.39 is 5.97 Å². The van der Waals surface area contributed by atoms with E-state index in [1.807, 2.05) is 6.08 Å².